The van der Waals surface area contributed by atoms with Crippen molar-refractivity contribution in [3.63, 3.8) is 0 Å². The van der Waals surface area contributed by atoms with Gasteiger partial charge in [0, 0.05) is 13.6 Å². The van der Waals surface area contributed by atoms with Crippen LogP contribution in [0.1, 0.15) is 98.0 Å². The van der Waals surface area contributed by atoms with Gasteiger partial charge in [-0.15, -0.1) is 0 Å². The number of esters is 1. The molecule has 2 saturated carbocycles. The number of nitrogens with one attached hydrogen (secondary N) is 4. The fourth-order valence-corrected chi connectivity index (χ4v) is 5.76. The maximum Gasteiger partial charge on any atom is 0.332 e. The number of carbonyl (C=O) groups excluding carboxylic acids is 6. The Hall–Kier alpha value is -3.96. The second-order valence-electron chi connectivity index (χ2n) is 14.1. The number of hydrogen-bond acceptors (Lipinski definition) is 7. The molecule has 47 heavy (non-hydrogen) atoms. The molecule has 0 aromatic heterocycles. The van der Waals surface area contributed by atoms with E-state index in [0.717, 1.165) is 30.7 Å². The fraction of sp³-hybridized carbons (Fsp3) is 0.657. The molecule has 5 amide bonds. The number of ketones is 1. The average molecular weight is 656 g/mol. The van der Waals surface area contributed by atoms with Crippen molar-refractivity contribution >= 4 is 35.5 Å². The molecule has 1 saturated heterocycles. The molecule has 0 radical (unpaired) electrons. The van der Waals surface area contributed by atoms with Crippen molar-refractivity contribution in [1.29, 1.82) is 0 Å². The summed E-state index contributed by atoms with van der Waals surface area (Å²) in [5.41, 5.74) is -1.12. The number of hydrogen-bond donors (Lipinski definition) is 4. The van der Waals surface area contributed by atoms with Crippen LogP contribution < -0.4 is 21.3 Å². The number of ether oxygens (including phenoxy) is 1. The maximum atomic E-state index is 13.9. The van der Waals surface area contributed by atoms with Gasteiger partial charge in [-0.25, -0.2) is 9.59 Å². The molecule has 3 atom stereocenters. The van der Waals surface area contributed by atoms with E-state index >= 15 is 0 Å². The first-order valence-electron chi connectivity index (χ1n) is 16.8. The molecule has 2 aliphatic carbocycles. The Balaban J connectivity index is 0.00000139. The highest BCUT2D eigenvalue weighted by molar-refractivity contribution is 6.38. The van der Waals surface area contributed by atoms with Gasteiger partial charge in [-0.2, -0.15) is 0 Å². The Kier molecular flexibility index (Phi) is 13.4. The molecule has 0 bridgehead atoms. The van der Waals surface area contributed by atoms with Crippen molar-refractivity contribution < 1.29 is 33.5 Å². The van der Waals surface area contributed by atoms with E-state index in [2.05, 4.69) is 28.2 Å². The van der Waals surface area contributed by atoms with E-state index in [-0.39, 0.29) is 6.61 Å². The quantitative estimate of drug-likeness (QED) is 0.222. The third-order valence-corrected chi connectivity index (χ3v) is 8.96. The van der Waals surface area contributed by atoms with E-state index in [1.54, 1.807) is 20.8 Å². The fourth-order valence-electron chi connectivity index (χ4n) is 5.76. The maximum absolute atomic E-state index is 13.9. The van der Waals surface area contributed by atoms with Crippen molar-refractivity contribution in [2.75, 3.05) is 13.6 Å². The number of urea groups is 1. The molecule has 4 N–H and O–H groups in total. The van der Waals surface area contributed by atoms with Gasteiger partial charge in [-0.05, 0) is 49.5 Å². The standard InChI is InChI=1S/C31H45N5O7.C4H8/c1-20(23(37)26(39)32-5)33-25(38)22-15-12-18-36(22)27(40)24(30(2,3)4)34-29(42)35-31(16-10-7-11-17-31)28(41)43-19-21-13-8-6-9-14-21;1-4-2-3-4/h6,8-9,13-14,20,22,24H,7,10-12,15-19H2,1-5H3,(H,32,39)(H,33,38)(H2,34,35,42);4H,2-3H2,1H3. The van der Waals surface area contributed by atoms with Crippen molar-refractivity contribution in [2.24, 2.45) is 11.3 Å². The molecule has 3 unspecified atom stereocenters. The van der Waals surface area contributed by atoms with Crippen LogP contribution in [0.2, 0.25) is 0 Å². The van der Waals surface area contributed by atoms with Gasteiger partial charge in [0.25, 0.3) is 5.91 Å². The molecule has 3 fully saturated rings. The lowest BCUT2D eigenvalue weighted by Crippen LogP contribution is -2.63. The van der Waals surface area contributed by atoms with Crippen LogP contribution >= 0.6 is 0 Å². The van der Waals surface area contributed by atoms with Crippen LogP contribution in [0.15, 0.2) is 30.3 Å². The van der Waals surface area contributed by atoms with Gasteiger partial charge in [-0.1, -0.05) is 90.1 Å². The topological polar surface area (TPSA) is 163 Å². The molecule has 0 spiro atoms. The zero-order valence-electron chi connectivity index (χ0n) is 28.8. The van der Waals surface area contributed by atoms with E-state index in [0.29, 0.717) is 32.2 Å². The first kappa shape index (κ1) is 37.5. The van der Waals surface area contributed by atoms with Gasteiger partial charge in [0.2, 0.25) is 17.6 Å². The third kappa shape index (κ3) is 10.8. The summed E-state index contributed by atoms with van der Waals surface area (Å²) in [6.07, 6.45) is 7.17. The van der Waals surface area contributed by atoms with Crippen molar-refractivity contribution in [3.8, 4) is 0 Å². The molecule has 1 aromatic carbocycles. The minimum absolute atomic E-state index is 0.0829. The van der Waals surface area contributed by atoms with Crippen molar-refractivity contribution in [1.82, 2.24) is 26.2 Å². The number of amides is 5. The highest BCUT2D eigenvalue weighted by Gasteiger charge is 2.46. The molecule has 1 aliphatic heterocycles. The summed E-state index contributed by atoms with van der Waals surface area (Å²) in [6.45, 7) is 9.47. The number of rotatable bonds is 10. The number of carbonyl (C=O) groups is 6. The predicted molar refractivity (Wildman–Crippen MR) is 177 cm³/mol. The second-order valence-corrected chi connectivity index (χ2v) is 14.1. The second kappa shape index (κ2) is 16.7. The summed E-state index contributed by atoms with van der Waals surface area (Å²) in [7, 11) is 1.33. The first-order chi connectivity index (χ1) is 22.2. The van der Waals surface area contributed by atoms with Crippen molar-refractivity contribution in [2.45, 2.75) is 123 Å². The van der Waals surface area contributed by atoms with Gasteiger partial charge >= 0.3 is 12.0 Å². The summed E-state index contributed by atoms with van der Waals surface area (Å²) in [4.78, 5) is 79.0. The largest absolute Gasteiger partial charge is 0.459 e. The van der Waals surface area contributed by atoms with Gasteiger partial charge in [0.15, 0.2) is 0 Å². The smallest absolute Gasteiger partial charge is 0.332 e. The van der Waals surface area contributed by atoms with E-state index < -0.39 is 64.6 Å². The van der Waals surface area contributed by atoms with Crippen LogP contribution in [0.25, 0.3) is 0 Å². The predicted octanol–water partition coefficient (Wildman–Crippen LogP) is 3.37. The highest BCUT2D eigenvalue weighted by Crippen LogP contribution is 2.31. The molecular weight excluding hydrogens is 602 g/mol. The first-order valence-corrected chi connectivity index (χ1v) is 16.8. The average Bonchev–Trinajstić information content (AvgIpc) is 3.67. The summed E-state index contributed by atoms with van der Waals surface area (Å²) < 4.78 is 5.63. The zero-order chi connectivity index (χ0) is 34.8. The van der Waals surface area contributed by atoms with Crippen molar-refractivity contribution in [3.05, 3.63) is 35.9 Å². The van der Waals surface area contributed by atoms with Crippen LogP contribution in [0.4, 0.5) is 4.79 Å². The molecule has 1 aromatic rings. The van der Waals surface area contributed by atoms with Gasteiger partial charge in [-0.3, -0.25) is 19.2 Å². The number of likely N-dealkylation sites (N-methyl/N-ethyl adjacent to an activating group) is 1. The summed E-state index contributed by atoms with van der Waals surface area (Å²) >= 11 is 0. The Morgan fingerprint density at radius 1 is 0.936 bits per heavy atom. The lowest BCUT2D eigenvalue weighted by atomic mass is 9.81. The lowest BCUT2D eigenvalue weighted by molar-refractivity contribution is -0.154. The molecule has 1 heterocycles. The molecule has 3 aliphatic rings. The van der Waals surface area contributed by atoms with Gasteiger partial charge in [0.1, 0.15) is 24.2 Å². The number of Topliss-reactive ketones (excluding diaryl/α,β-unsaturated/α-hetero) is 1. The van der Waals surface area contributed by atoms with E-state index in [1.807, 2.05) is 30.3 Å². The Bertz CT molecular complexity index is 1270. The van der Waals surface area contributed by atoms with Gasteiger partial charge < -0.3 is 30.9 Å². The Labute approximate surface area is 278 Å². The van der Waals surface area contributed by atoms with Crippen LogP contribution in [-0.4, -0.2) is 77.7 Å². The molecular formula is C35H53N5O7. The summed E-state index contributed by atoms with van der Waals surface area (Å²) in [6, 6.07) is 5.67. The van der Waals surface area contributed by atoms with Gasteiger partial charge in [0.05, 0.1) is 6.04 Å². The minimum atomic E-state index is -1.22. The zero-order valence-corrected chi connectivity index (χ0v) is 28.8. The Morgan fingerprint density at radius 3 is 2.11 bits per heavy atom. The molecule has 12 heteroatoms. The molecule has 260 valence electrons. The summed E-state index contributed by atoms with van der Waals surface area (Å²) in [5.74, 6) is -2.04. The van der Waals surface area contributed by atoms with Crippen LogP contribution in [0.5, 0.6) is 0 Å². The van der Waals surface area contributed by atoms with E-state index in [9.17, 15) is 28.8 Å². The highest BCUT2D eigenvalue weighted by atomic mass is 16.5. The third-order valence-electron chi connectivity index (χ3n) is 8.96. The number of nitrogens with zero attached hydrogens (tertiary/aromatic N) is 1. The molecule has 12 nitrogen and oxygen atoms in total. The Morgan fingerprint density at radius 2 is 1.55 bits per heavy atom. The molecule has 4 rings (SSSR count). The number of benzene rings is 1. The van der Waals surface area contributed by atoms with Crippen LogP contribution in [0, 0.1) is 11.3 Å². The lowest BCUT2D eigenvalue weighted by Gasteiger charge is -2.38. The van der Waals surface area contributed by atoms with Crippen LogP contribution in [0.3, 0.4) is 0 Å². The SMILES string of the molecule is CC1CC1.CNC(=O)C(=O)C(C)NC(=O)C1CCCN1C(=O)C(NC(=O)NC1(C(=O)OCc2ccccc2)CCCCC1)C(C)(C)C. The van der Waals surface area contributed by atoms with E-state index in [1.165, 1.54) is 31.7 Å². The minimum Gasteiger partial charge on any atom is -0.459 e. The normalized spacial score (nSPS) is 20.0. The van der Waals surface area contributed by atoms with Crippen LogP contribution in [-0.2, 0) is 35.3 Å². The summed E-state index contributed by atoms with van der Waals surface area (Å²) in [5, 5.41) is 10.4. The monoisotopic (exact) mass is 655 g/mol. The van der Waals surface area contributed by atoms with E-state index in [4.69, 9.17) is 4.74 Å². The number of likely N-dealkylation sites (tertiary alicyclic amines) is 1.